The number of likely N-dealkylation sites (tertiary alicyclic amines) is 1. The number of rotatable bonds is 4. The molecule has 4 atom stereocenters. The topological polar surface area (TPSA) is 169 Å². The number of aromatic nitrogens is 2. The molecule has 0 bridgehead atoms. The van der Waals surface area contributed by atoms with Gasteiger partial charge in [0, 0.05) is 49.4 Å². The number of fused-ring (bicyclic) bond motifs is 2. The molecule has 2 aromatic rings. The molecule has 5 rings (SSSR count). The van der Waals surface area contributed by atoms with Crippen LogP contribution in [0.2, 0.25) is 0 Å². The Morgan fingerprint density at radius 2 is 1.68 bits per heavy atom. The highest BCUT2D eigenvalue weighted by Gasteiger charge is 2.51. The van der Waals surface area contributed by atoms with Crippen LogP contribution in [0.15, 0.2) is 36.3 Å². The number of hydrogen-bond acceptors (Lipinski definition) is 9. The van der Waals surface area contributed by atoms with Gasteiger partial charge < -0.3 is 42.2 Å². The SMILES string of the molecule is CC.Cc1c(/C(N)=C/C=C(N)N)ccc2nn(C)cc12.[B]C1(O)CC(C([B])([B])N2CC3CCCC3C2)CC(O)(O)O1. The van der Waals surface area contributed by atoms with Crippen molar-refractivity contribution >= 4 is 40.1 Å². The summed E-state index contributed by atoms with van der Waals surface area (Å²) in [7, 11) is 20.0. The Hall–Kier alpha value is -2.44. The lowest BCUT2D eigenvalue weighted by atomic mass is 9.50. The maximum Gasteiger partial charge on any atom is 0.279 e. The van der Waals surface area contributed by atoms with Gasteiger partial charge in [-0.05, 0) is 67.7 Å². The Bertz CT molecular complexity index is 1230. The van der Waals surface area contributed by atoms with Gasteiger partial charge in [0.2, 0.25) is 0 Å². The lowest BCUT2D eigenvalue weighted by molar-refractivity contribution is -0.421. The van der Waals surface area contributed by atoms with Crippen LogP contribution in [-0.2, 0) is 11.8 Å². The van der Waals surface area contributed by atoms with Crippen LogP contribution < -0.4 is 17.2 Å². The Kier molecular flexibility index (Phi) is 10.3. The summed E-state index contributed by atoms with van der Waals surface area (Å²) in [6, 6.07) is 3.91. The summed E-state index contributed by atoms with van der Waals surface area (Å²) in [6.45, 7) is 7.64. The first-order valence-corrected chi connectivity index (χ1v) is 14.2. The van der Waals surface area contributed by atoms with Gasteiger partial charge in [0.1, 0.15) is 5.69 Å². The molecule has 9 N–H and O–H groups in total. The zero-order valence-electron chi connectivity index (χ0n) is 24.6. The molecule has 1 saturated carbocycles. The second kappa shape index (κ2) is 12.8. The molecule has 4 unspecified atom stereocenters. The standard InChI is InChI=1S/C13H20B3NO4.C13H17N5.C2H6/c14-11(18)4-10(5-12(19,20)21-11)13(15,16)17-6-8-2-1-3-9(8)7-17;1-8-9(11(14)4-6-13(15)16)3-5-12-10(8)7-18(2)17-12;1-2/h8-10,18-20H,1-7H2;3-7H,14-16H2,1-2H3;1-2H3/b;11-4-;. The van der Waals surface area contributed by atoms with Crippen molar-refractivity contribution in [2.45, 2.75) is 69.9 Å². The summed E-state index contributed by atoms with van der Waals surface area (Å²) >= 11 is 0. The predicted molar refractivity (Wildman–Crippen MR) is 164 cm³/mol. The molecule has 3 heterocycles. The maximum absolute atomic E-state index is 9.85. The number of nitrogens with two attached hydrogens (primary N) is 3. The van der Waals surface area contributed by atoms with Crippen molar-refractivity contribution in [2.75, 3.05) is 13.1 Å². The van der Waals surface area contributed by atoms with E-state index >= 15 is 0 Å². The fourth-order valence-corrected chi connectivity index (χ4v) is 6.19. The highest BCUT2D eigenvalue weighted by Crippen LogP contribution is 2.44. The zero-order chi connectivity index (χ0) is 30.8. The first-order valence-electron chi connectivity index (χ1n) is 14.2. The Morgan fingerprint density at radius 3 is 2.24 bits per heavy atom. The van der Waals surface area contributed by atoms with Crippen LogP contribution in [0.1, 0.15) is 57.1 Å². The van der Waals surface area contributed by atoms with Gasteiger partial charge >= 0.3 is 0 Å². The number of ether oxygens (including phenoxy) is 1. The molecule has 6 radical (unpaired) electrons. The molecule has 0 amide bonds. The summed E-state index contributed by atoms with van der Waals surface area (Å²) in [4.78, 5) is 1.99. The molecular weight excluding hydrogens is 517 g/mol. The van der Waals surface area contributed by atoms with Crippen molar-refractivity contribution in [3.8, 4) is 0 Å². The van der Waals surface area contributed by atoms with Crippen LogP contribution in [0, 0.1) is 24.7 Å². The first kappa shape index (κ1) is 33.1. The Morgan fingerprint density at radius 1 is 1.07 bits per heavy atom. The monoisotopic (exact) mass is 560 g/mol. The lowest BCUT2D eigenvalue weighted by Crippen LogP contribution is -2.62. The number of nitrogens with zero attached hydrogens (tertiary/aromatic N) is 3. The molecule has 0 spiro atoms. The third kappa shape index (κ3) is 7.90. The van der Waals surface area contributed by atoms with E-state index < -0.39 is 22.9 Å². The summed E-state index contributed by atoms with van der Waals surface area (Å²) in [5.41, 5.74) is 18.3. The van der Waals surface area contributed by atoms with Crippen molar-refractivity contribution in [3.63, 3.8) is 0 Å². The van der Waals surface area contributed by atoms with Crippen LogP contribution in [0.25, 0.3) is 16.6 Å². The molecule has 1 aromatic carbocycles. The highest BCUT2D eigenvalue weighted by atomic mass is 16.8. The summed E-state index contributed by atoms with van der Waals surface area (Å²) in [5, 5.41) is 33.5. The minimum atomic E-state index is -2.52. The first-order chi connectivity index (χ1) is 19.1. The number of hydrogen-bond donors (Lipinski definition) is 6. The molecular formula is C28H43B3N6O4. The van der Waals surface area contributed by atoms with Gasteiger partial charge in [0.05, 0.1) is 27.0 Å². The second-order valence-electron chi connectivity index (χ2n) is 11.3. The van der Waals surface area contributed by atoms with Crippen molar-refractivity contribution in [2.24, 2.45) is 42.0 Å². The largest absolute Gasteiger partial charge is 0.398 e. The molecule has 1 aromatic heterocycles. The average Bonchev–Trinajstić information content (AvgIpc) is 3.57. The molecule has 2 saturated heterocycles. The van der Waals surface area contributed by atoms with E-state index in [4.69, 9.17) is 40.7 Å². The number of allylic oxidation sites excluding steroid dienone is 2. The fraction of sp³-hybridized carbons (Fsp3) is 0.607. The molecule has 2 aliphatic heterocycles. The normalized spacial score (nSPS) is 27.8. The number of aliphatic hydroxyl groups is 3. The van der Waals surface area contributed by atoms with Gasteiger partial charge in [-0.1, -0.05) is 31.7 Å². The van der Waals surface area contributed by atoms with E-state index in [1.807, 2.05) is 51.0 Å². The molecule has 10 nitrogen and oxygen atoms in total. The van der Waals surface area contributed by atoms with Crippen molar-refractivity contribution in [3.05, 3.63) is 47.4 Å². The third-order valence-electron chi connectivity index (χ3n) is 8.16. The maximum atomic E-state index is 9.85. The Labute approximate surface area is 247 Å². The third-order valence-corrected chi connectivity index (χ3v) is 8.16. The quantitative estimate of drug-likeness (QED) is 0.178. The average molecular weight is 560 g/mol. The van der Waals surface area contributed by atoms with Crippen molar-refractivity contribution in [1.29, 1.82) is 0 Å². The van der Waals surface area contributed by atoms with Gasteiger partial charge in [0.15, 0.2) is 7.85 Å². The van der Waals surface area contributed by atoms with E-state index in [9.17, 15) is 15.3 Å². The fourth-order valence-electron chi connectivity index (χ4n) is 6.19. The van der Waals surface area contributed by atoms with Gasteiger partial charge in [-0.25, -0.2) is 0 Å². The summed E-state index contributed by atoms with van der Waals surface area (Å²) in [5.74, 6) is -1.65. The Balaban J connectivity index is 0.000000215. The van der Waals surface area contributed by atoms with Crippen LogP contribution in [0.5, 0.6) is 0 Å². The highest BCUT2D eigenvalue weighted by molar-refractivity contribution is 6.40. The molecule has 218 valence electrons. The van der Waals surface area contributed by atoms with Gasteiger partial charge in [-0.2, -0.15) is 5.10 Å². The summed E-state index contributed by atoms with van der Waals surface area (Å²) in [6.07, 6.45) is 8.67. The van der Waals surface area contributed by atoms with E-state index in [1.54, 1.807) is 16.8 Å². The van der Waals surface area contributed by atoms with Crippen LogP contribution in [0.3, 0.4) is 0 Å². The predicted octanol–water partition coefficient (Wildman–Crippen LogP) is 0.555. The lowest BCUT2D eigenvalue weighted by Gasteiger charge is -2.51. The molecule has 41 heavy (non-hydrogen) atoms. The zero-order valence-corrected chi connectivity index (χ0v) is 24.6. The minimum absolute atomic E-state index is 0.0469. The van der Waals surface area contributed by atoms with Crippen molar-refractivity contribution in [1.82, 2.24) is 14.7 Å². The van der Waals surface area contributed by atoms with Crippen LogP contribution in [-0.4, -0.2) is 83.6 Å². The van der Waals surface area contributed by atoms with Crippen LogP contribution in [0.4, 0.5) is 0 Å². The minimum Gasteiger partial charge on any atom is -0.398 e. The number of benzene rings is 1. The molecule has 3 fully saturated rings. The smallest absolute Gasteiger partial charge is 0.279 e. The second-order valence-corrected chi connectivity index (χ2v) is 11.3. The molecule has 3 aliphatic rings. The van der Waals surface area contributed by atoms with E-state index in [-0.39, 0.29) is 18.7 Å². The van der Waals surface area contributed by atoms with Gasteiger partial charge in [-0.3, -0.25) is 4.68 Å². The molecule has 13 heteroatoms. The van der Waals surface area contributed by atoms with Crippen LogP contribution >= 0.6 is 0 Å². The summed E-state index contributed by atoms with van der Waals surface area (Å²) < 4.78 is 6.43. The van der Waals surface area contributed by atoms with E-state index in [1.165, 1.54) is 19.3 Å². The van der Waals surface area contributed by atoms with Gasteiger partial charge in [-0.15, -0.1) is 0 Å². The van der Waals surface area contributed by atoms with Gasteiger partial charge in [0.25, 0.3) is 5.97 Å². The van der Waals surface area contributed by atoms with E-state index in [2.05, 4.69) is 9.84 Å². The molecule has 1 aliphatic carbocycles. The van der Waals surface area contributed by atoms with Crippen molar-refractivity contribution < 1.29 is 20.1 Å². The number of aryl methyl sites for hydroxylation is 2. The van der Waals surface area contributed by atoms with E-state index in [0.29, 0.717) is 17.5 Å². The van der Waals surface area contributed by atoms with E-state index in [0.717, 1.165) is 35.1 Å².